The molecule has 0 fully saturated rings. The van der Waals surface area contributed by atoms with Crippen molar-refractivity contribution in [3.05, 3.63) is 143 Å². The number of rotatable bonds is 6. The van der Waals surface area contributed by atoms with Gasteiger partial charge in [-0.25, -0.2) is 0 Å². The summed E-state index contributed by atoms with van der Waals surface area (Å²) < 4.78 is 9.12. The summed E-state index contributed by atoms with van der Waals surface area (Å²) in [5.41, 5.74) is 11.7. The smallest absolute Gasteiger partial charge is 0.0838 e. The van der Waals surface area contributed by atoms with Crippen LogP contribution in [0.1, 0.15) is 45.5 Å². The van der Waals surface area contributed by atoms with E-state index in [1.807, 2.05) is 0 Å². The van der Waals surface area contributed by atoms with E-state index < -0.39 is 0 Å². The Balaban J connectivity index is 1.52. The van der Waals surface area contributed by atoms with Crippen LogP contribution in [0.15, 0.2) is 109 Å². The Morgan fingerprint density at radius 1 is 0.420 bits per heavy atom. The molecule has 0 saturated heterocycles. The highest BCUT2D eigenvalue weighted by molar-refractivity contribution is 5.98. The molecule has 2 atom stereocenters. The quantitative estimate of drug-likeness (QED) is 0.162. The molecule has 0 N–H and O–H groups in total. The summed E-state index contributed by atoms with van der Waals surface area (Å²) in [5.74, 6) is 11.5. The van der Waals surface area contributed by atoms with Gasteiger partial charge in [0.05, 0.1) is 38.0 Å². The summed E-state index contributed by atoms with van der Waals surface area (Å²) in [6.07, 6.45) is 28.8. The molecular formula is C46H32N4. The summed E-state index contributed by atoms with van der Waals surface area (Å²) in [5, 5.41) is 4.69. The highest BCUT2D eigenvalue weighted by atomic mass is 15.0. The average molecular weight is 641 g/mol. The van der Waals surface area contributed by atoms with Crippen LogP contribution in [0.2, 0.25) is 0 Å². The van der Waals surface area contributed by atoms with Gasteiger partial charge in [-0.15, -0.1) is 25.7 Å². The second-order valence-electron chi connectivity index (χ2n) is 12.9. The van der Waals surface area contributed by atoms with Gasteiger partial charge in [0.15, 0.2) is 0 Å². The third kappa shape index (κ3) is 4.01. The molecule has 1 aliphatic rings. The Morgan fingerprint density at radius 3 is 1.14 bits per heavy atom. The van der Waals surface area contributed by atoms with Crippen molar-refractivity contribution in [2.75, 3.05) is 0 Å². The van der Waals surface area contributed by atoms with Gasteiger partial charge in [0, 0.05) is 67.4 Å². The van der Waals surface area contributed by atoms with Crippen molar-refractivity contribution >= 4 is 43.6 Å². The summed E-state index contributed by atoms with van der Waals surface area (Å²) >= 11 is 0. The number of hydrogen-bond acceptors (Lipinski definition) is 0. The summed E-state index contributed by atoms with van der Waals surface area (Å²) in [7, 11) is 0. The second kappa shape index (κ2) is 11.5. The number of para-hydroxylation sites is 4. The molecule has 4 heteroatoms. The number of fused-ring (bicyclic) bond motifs is 8. The summed E-state index contributed by atoms with van der Waals surface area (Å²) in [4.78, 5) is 0. The maximum Gasteiger partial charge on any atom is 0.0838 e. The standard InChI is InChI=1S/C46H32N4/c1-5-25-47-29-35(31-17-9-13-21-37(31)47)43-41-33-19-11-15-23-39(33)50(28-8-4)46(41)44(36-30-48(26-6-2)38-22-14-10-18-32(36)38)42-34-20-12-16-24-40(34)49(27-7-3)45(42)43/h1-4,9-24,29-30,43-44H,25-28H2. The van der Waals surface area contributed by atoms with Gasteiger partial charge < -0.3 is 18.3 Å². The van der Waals surface area contributed by atoms with Crippen molar-refractivity contribution in [2.45, 2.75) is 38.0 Å². The average Bonchev–Trinajstić information content (AvgIpc) is 3.88. The summed E-state index contributed by atoms with van der Waals surface area (Å²) in [6.45, 7) is 1.80. The van der Waals surface area contributed by atoms with E-state index in [-0.39, 0.29) is 11.8 Å². The lowest BCUT2D eigenvalue weighted by molar-refractivity contribution is 0.687. The first-order valence-electron chi connectivity index (χ1n) is 16.8. The fraction of sp³-hybridized carbons (Fsp3) is 0.130. The molecule has 0 bridgehead atoms. The molecule has 0 radical (unpaired) electrons. The Hall–Kier alpha value is -6.72. The van der Waals surface area contributed by atoms with Crippen molar-refractivity contribution in [3.8, 4) is 49.4 Å². The Bertz CT molecular complexity index is 2640. The molecule has 4 heterocycles. The minimum absolute atomic E-state index is 0.163. The Kier molecular flexibility index (Phi) is 6.74. The number of nitrogens with zero attached hydrogens (tertiary/aromatic N) is 4. The maximum absolute atomic E-state index is 6.20. The third-order valence-electron chi connectivity index (χ3n) is 10.5. The van der Waals surface area contributed by atoms with Crippen LogP contribution in [0.4, 0.5) is 0 Å². The Labute approximate surface area is 291 Å². The fourth-order valence-corrected chi connectivity index (χ4v) is 8.80. The molecule has 4 nitrogen and oxygen atoms in total. The number of terminal acetylenes is 4. The molecule has 4 aromatic carbocycles. The highest BCUT2D eigenvalue weighted by Crippen LogP contribution is 2.56. The molecule has 4 aromatic heterocycles. The van der Waals surface area contributed by atoms with Crippen molar-refractivity contribution in [1.29, 1.82) is 0 Å². The highest BCUT2D eigenvalue weighted by Gasteiger charge is 2.44. The van der Waals surface area contributed by atoms with E-state index in [2.05, 4.69) is 151 Å². The van der Waals surface area contributed by atoms with Gasteiger partial charge in [-0.2, -0.15) is 0 Å². The molecule has 0 amide bonds. The van der Waals surface area contributed by atoms with Crippen LogP contribution in [0, 0.1) is 49.4 Å². The molecule has 1 aliphatic carbocycles. The van der Waals surface area contributed by atoms with Gasteiger partial charge in [-0.3, -0.25) is 0 Å². The predicted molar refractivity (Wildman–Crippen MR) is 205 cm³/mol. The van der Waals surface area contributed by atoms with E-state index in [1.54, 1.807) is 0 Å². The van der Waals surface area contributed by atoms with Gasteiger partial charge in [0.25, 0.3) is 0 Å². The van der Waals surface area contributed by atoms with Crippen molar-refractivity contribution in [2.24, 2.45) is 0 Å². The SMILES string of the molecule is C#CCn1cc(C2c3c(n(CC#C)c4ccccc34)C(c3cn(CC#C)c4ccccc34)c3c2n(CC#C)c2ccccc32)c2ccccc21. The van der Waals surface area contributed by atoms with Crippen LogP contribution < -0.4 is 0 Å². The van der Waals surface area contributed by atoms with Gasteiger partial charge in [0.1, 0.15) is 0 Å². The predicted octanol–water partition coefficient (Wildman–Crippen LogP) is 8.71. The second-order valence-corrected chi connectivity index (χ2v) is 12.9. The molecule has 0 saturated carbocycles. The first-order valence-corrected chi connectivity index (χ1v) is 16.8. The Morgan fingerprint density at radius 2 is 0.760 bits per heavy atom. The molecule has 2 unspecified atom stereocenters. The fourth-order valence-electron chi connectivity index (χ4n) is 8.80. The lowest BCUT2D eigenvalue weighted by atomic mass is 9.72. The monoisotopic (exact) mass is 640 g/mol. The zero-order chi connectivity index (χ0) is 33.9. The summed E-state index contributed by atoms with van der Waals surface area (Å²) in [6, 6.07) is 34.4. The van der Waals surface area contributed by atoms with E-state index in [1.165, 1.54) is 55.2 Å². The lowest BCUT2D eigenvalue weighted by Crippen LogP contribution is -2.23. The molecule has 8 aromatic rings. The van der Waals surface area contributed by atoms with E-state index in [0.717, 1.165) is 22.1 Å². The normalized spacial score (nSPS) is 15.0. The van der Waals surface area contributed by atoms with Crippen LogP contribution in [-0.2, 0) is 26.2 Å². The number of benzene rings is 4. The van der Waals surface area contributed by atoms with Crippen LogP contribution >= 0.6 is 0 Å². The largest absolute Gasteiger partial charge is 0.336 e. The van der Waals surface area contributed by atoms with Crippen molar-refractivity contribution < 1.29 is 0 Å². The molecule has 9 rings (SSSR count). The van der Waals surface area contributed by atoms with Crippen molar-refractivity contribution in [1.82, 2.24) is 18.3 Å². The van der Waals surface area contributed by atoms with Crippen LogP contribution in [0.25, 0.3) is 43.6 Å². The lowest BCUT2D eigenvalue weighted by Gasteiger charge is -2.33. The molecule has 50 heavy (non-hydrogen) atoms. The molecule has 0 spiro atoms. The van der Waals surface area contributed by atoms with Gasteiger partial charge in [-0.05, 0) is 46.5 Å². The van der Waals surface area contributed by atoms with Gasteiger partial charge >= 0.3 is 0 Å². The zero-order valence-corrected chi connectivity index (χ0v) is 27.5. The molecule has 236 valence electrons. The van der Waals surface area contributed by atoms with E-state index >= 15 is 0 Å². The van der Waals surface area contributed by atoms with E-state index in [4.69, 9.17) is 25.7 Å². The van der Waals surface area contributed by atoms with Gasteiger partial charge in [0.2, 0.25) is 0 Å². The minimum Gasteiger partial charge on any atom is -0.336 e. The number of hydrogen-bond donors (Lipinski definition) is 0. The van der Waals surface area contributed by atoms with E-state index in [9.17, 15) is 0 Å². The minimum atomic E-state index is -0.163. The maximum atomic E-state index is 6.20. The van der Waals surface area contributed by atoms with Gasteiger partial charge in [-0.1, -0.05) is 96.5 Å². The van der Waals surface area contributed by atoms with Crippen LogP contribution in [-0.4, -0.2) is 18.3 Å². The first kappa shape index (κ1) is 29.4. The topological polar surface area (TPSA) is 19.7 Å². The van der Waals surface area contributed by atoms with E-state index in [0.29, 0.717) is 26.2 Å². The molecule has 0 aliphatic heterocycles. The zero-order valence-electron chi connectivity index (χ0n) is 27.5. The molecular weight excluding hydrogens is 609 g/mol. The first-order chi connectivity index (χ1) is 24.7. The van der Waals surface area contributed by atoms with Crippen LogP contribution in [0.3, 0.4) is 0 Å². The van der Waals surface area contributed by atoms with Crippen LogP contribution in [0.5, 0.6) is 0 Å². The third-order valence-corrected chi connectivity index (χ3v) is 10.5. The van der Waals surface area contributed by atoms with Crippen molar-refractivity contribution in [3.63, 3.8) is 0 Å². The number of aromatic nitrogens is 4.